The summed E-state index contributed by atoms with van der Waals surface area (Å²) >= 11 is 0. The van der Waals surface area contributed by atoms with Crippen molar-refractivity contribution in [1.82, 2.24) is 19.2 Å². The third-order valence-electron chi connectivity index (χ3n) is 5.05. The van der Waals surface area contributed by atoms with Crippen molar-refractivity contribution in [3.05, 3.63) is 41.1 Å². The molecule has 1 spiro atoms. The summed E-state index contributed by atoms with van der Waals surface area (Å²) in [6.07, 6.45) is 3.40. The number of benzene rings is 1. The predicted molar refractivity (Wildman–Crippen MR) is 92.1 cm³/mol. The summed E-state index contributed by atoms with van der Waals surface area (Å²) in [6.45, 7) is 0.887. The van der Waals surface area contributed by atoms with Gasteiger partial charge in [-0.05, 0) is 37.1 Å². The number of nitrogens with one attached hydrogen (secondary N) is 1. The van der Waals surface area contributed by atoms with E-state index < -0.39 is 5.54 Å². The van der Waals surface area contributed by atoms with Crippen LogP contribution in [0.3, 0.4) is 0 Å². The van der Waals surface area contributed by atoms with Crippen LogP contribution in [0, 0.1) is 0 Å². The molecule has 0 saturated carbocycles. The van der Waals surface area contributed by atoms with Gasteiger partial charge in [0.1, 0.15) is 11.9 Å². The van der Waals surface area contributed by atoms with Gasteiger partial charge in [-0.15, -0.1) is 0 Å². The standard InChI is InChI=1S/C17H19N5O4/c1-20-11-18-22(16(20)25)13-5-3-12(4-6-13)19-15(24)21-9-2-7-17(21)8-10-26-14(17)23/h3-6,11H,2,7-10H2,1H3,(H,19,24)/t17-/m1/s1. The second-order valence-corrected chi connectivity index (χ2v) is 6.59. The van der Waals surface area contributed by atoms with Gasteiger partial charge in [0.2, 0.25) is 0 Å². The molecule has 2 aliphatic heterocycles. The number of carbonyl (C=O) groups excluding carboxylic acids is 2. The number of nitrogens with zero attached hydrogens (tertiary/aromatic N) is 4. The van der Waals surface area contributed by atoms with Crippen LogP contribution in [0.2, 0.25) is 0 Å². The SMILES string of the molecule is Cn1cnn(-c2ccc(NC(=O)N3CCC[C@]34CCOC4=O)cc2)c1=O. The molecule has 26 heavy (non-hydrogen) atoms. The molecule has 0 aliphatic carbocycles. The van der Waals surface area contributed by atoms with Gasteiger partial charge in [0.15, 0.2) is 0 Å². The summed E-state index contributed by atoms with van der Waals surface area (Å²) in [5.74, 6) is -0.310. The third kappa shape index (κ3) is 2.47. The van der Waals surface area contributed by atoms with E-state index in [-0.39, 0.29) is 17.7 Å². The van der Waals surface area contributed by atoms with Crippen molar-refractivity contribution < 1.29 is 14.3 Å². The molecule has 9 heteroatoms. The van der Waals surface area contributed by atoms with Crippen LogP contribution in [0.4, 0.5) is 10.5 Å². The molecule has 2 aliphatic rings. The number of ether oxygens (including phenoxy) is 1. The molecule has 2 amide bonds. The van der Waals surface area contributed by atoms with Gasteiger partial charge < -0.3 is 15.0 Å². The molecule has 136 valence electrons. The largest absolute Gasteiger partial charge is 0.464 e. The molecule has 1 aromatic heterocycles. The lowest BCUT2D eigenvalue weighted by Gasteiger charge is -2.31. The van der Waals surface area contributed by atoms with Crippen LogP contribution in [0.1, 0.15) is 19.3 Å². The minimum Gasteiger partial charge on any atom is -0.464 e. The average Bonchev–Trinajstić information content (AvgIpc) is 3.32. The number of aromatic nitrogens is 3. The van der Waals surface area contributed by atoms with Gasteiger partial charge in [-0.1, -0.05) is 0 Å². The highest BCUT2D eigenvalue weighted by Crippen LogP contribution is 2.37. The van der Waals surface area contributed by atoms with Crippen LogP contribution >= 0.6 is 0 Å². The van der Waals surface area contributed by atoms with Gasteiger partial charge in [-0.3, -0.25) is 4.57 Å². The molecule has 3 heterocycles. The van der Waals surface area contributed by atoms with Crippen LogP contribution in [-0.4, -0.2) is 49.9 Å². The maximum atomic E-state index is 12.7. The van der Waals surface area contributed by atoms with E-state index in [2.05, 4.69) is 10.4 Å². The normalized spacial score (nSPS) is 22.0. The number of anilines is 1. The van der Waals surface area contributed by atoms with E-state index in [1.54, 1.807) is 36.2 Å². The summed E-state index contributed by atoms with van der Waals surface area (Å²) in [6, 6.07) is 6.49. The van der Waals surface area contributed by atoms with Crippen LogP contribution in [0.25, 0.3) is 5.69 Å². The number of likely N-dealkylation sites (tertiary alicyclic amines) is 1. The number of urea groups is 1. The zero-order chi connectivity index (χ0) is 18.3. The molecule has 4 rings (SSSR count). The number of hydrogen-bond acceptors (Lipinski definition) is 5. The van der Waals surface area contributed by atoms with E-state index >= 15 is 0 Å². The number of carbonyl (C=O) groups is 2. The zero-order valence-corrected chi connectivity index (χ0v) is 14.3. The first-order valence-electron chi connectivity index (χ1n) is 8.48. The number of rotatable bonds is 2. The fourth-order valence-electron chi connectivity index (χ4n) is 3.63. The molecule has 1 atom stereocenters. The van der Waals surface area contributed by atoms with E-state index in [0.717, 1.165) is 6.42 Å². The predicted octanol–water partition coefficient (Wildman–Crippen LogP) is 0.884. The number of hydrogen-bond donors (Lipinski definition) is 1. The lowest BCUT2D eigenvalue weighted by Crippen LogP contribution is -2.52. The Morgan fingerprint density at radius 3 is 2.62 bits per heavy atom. The molecule has 1 N–H and O–H groups in total. The number of aryl methyl sites for hydroxylation is 1. The first-order valence-corrected chi connectivity index (χ1v) is 8.48. The third-order valence-corrected chi connectivity index (χ3v) is 5.05. The fourth-order valence-corrected chi connectivity index (χ4v) is 3.63. The van der Waals surface area contributed by atoms with Gasteiger partial charge >= 0.3 is 17.7 Å². The summed E-state index contributed by atoms with van der Waals surface area (Å²) in [5.41, 5.74) is 0.118. The summed E-state index contributed by atoms with van der Waals surface area (Å²) in [5, 5.41) is 6.84. The number of cyclic esters (lactones) is 1. The van der Waals surface area contributed by atoms with Crippen LogP contribution < -0.4 is 11.0 Å². The second-order valence-electron chi connectivity index (χ2n) is 6.59. The van der Waals surface area contributed by atoms with Crippen molar-refractivity contribution in [2.45, 2.75) is 24.8 Å². The highest BCUT2D eigenvalue weighted by Gasteiger charge is 2.53. The van der Waals surface area contributed by atoms with Gasteiger partial charge in [0, 0.05) is 25.7 Å². The van der Waals surface area contributed by atoms with Gasteiger partial charge in [0.05, 0.1) is 12.3 Å². The molecule has 2 saturated heterocycles. The van der Waals surface area contributed by atoms with E-state index in [4.69, 9.17) is 4.74 Å². The monoisotopic (exact) mass is 357 g/mol. The van der Waals surface area contributed by atoms with E-state index in [1.807, 2.05) is 0 Å². The van der Waals surface area contributed by atoms with E-state index in [1.165, 1.54) is 15.6 Å². The van der Waals surface area contributed by atoms with Crippen molar-refractivity contribution in [2.24, 2.45) is 7.05 Å². The topological polar surface area (TPSA) is 98.5 Å². The molecular formula is C17H19N5O4. The molecule has 2 aromatic rings. The lowest BCUT2D eigenvalue weighted by molar-refractivity contribution is -0.145. The summed E-state index contributed by atoms with van der Waals surface area (Å²) in [7, 11) is 1.63. The second kappa shape index (κ2) is 6.01. The minimum absolute atomic E-state index is 0.250. The molecule has 2 fully saturated rings. The van der Waals surface area contributed by atoms with Crippen LogP contribution in [-0.2, 0) is 16.6 Å². The van der Waals surface area contributed by atoms with Gasteiger partial charge in [-0.25, -0.2) is 14.4 Å². The Morgan fingerprint density at radius 2 is 2.00 bits per heavy atom. The highest BCUT2D eigenvalue weighted by atomic mass is 16.5. The number of amides is 2. The Morgan fingerprint density at radius 1 is 1.23 bits per heavy atom. The van der Waals surface area contributed by atoms with E-state index in [0.29, 0.717) is 37.4 Å². The molecule has 1 aromatic carbocycles. The Balaban J connectivity index is 1.51. The maximum Gasteiger partial charge on any atom is 0.350 e. The summed E-state index contributed by atoms with van der Waals surface area (Å²) < 4.78 is 7.75. The summed E-state index contributed by atoms with van der Waals surface area (Å²) in [4.78, 5) is 38.3. The van der Waals surface area contributed by atoms with Gasteiger partial charge in [0.25, 0.3) is 0 Å². The van der Waals surface area contributed by atoms with Crippen LogP contribution in [0.5, 0.6) is 0 Å². The van der Waals surface area contributed by atoms with Crippen molar-refractivity contribution in [1.29, 1.82) is 0 Å². The van der Waals surface area contributed by atoms with Crippen molar-refractivity contribution in [3.63, 3.8) is 0 Å². The zero-order valence-electron chi connectivity index (χ0n) is 14.3. The minimum atomic E-state index is -0.814. The Labute approximate surface area is 149 Å². The molecular weight excluding hydrogens is 338 g/mol. The smallest absolute Gasteiger partial charge is 0.350 e. The Hall–Kier alpha value is -3.10. The molecule has 0 radical (unpaired) electrons. The Bertz CT molecular complexity index is 912. The highest BCUT2D eigenvalue weighted by molar-refractivity contribution is 5.95. The van der Waals surface area contributed by atoms with Crippen molar-refractivity contribution >= 4 is 17.7 Å². The Kier molecular flexibility index (Phi) is 3.78. The van der Waals surface area contributed by atoms with E-state index in [9.17, 15) is 14.4 Å². The lowest BCUT2D eigenvalue weighted by atomic mass is 9.95. The van der Waals surface area contributed by atoms with Crippen molar-refractivity contribution in [3.8, 4) is 5.69 Å². The van der Waals surface area contributed by atoms with Crippen molar-refractivity contribution in [2.75, 3.05) is 18.5 Å². The van der Waals surface area contributed by atoms with Gasteiger partial charge in [-0.2, -0.15) is 9.78 Å². The quantitative estimate of drug-likeness (QED) is 0.805. The maximum absolute atomic E-state index is 12.7. The van der Waals surface area contributed by atoms with Crippen LogP contribution in [0.15, 0.2) is 35.4 Å². The molecule has 0 bridgehead atoms. The fraction of sp³-hybridized carbons (Fsp3) is 0.412. The molecule has 9 nitrogen and oxygen atoms in total. The first-order chi connectivity index (χ1) is 12.5. The average molecular weight is 357 g/mol. The molecule has 0 unspecified atom stereocenters. The number of esters is 1. The first kappa shape index (κ1) is 16.4.